The molecule has 0 spiro atoms. The average Bonchev–Trinajstić information content (AvgIpc) is 2.38. The summed E-state index contributed by atoms with van der Waals surface area (Å²) in [6.45, 7) is 4.26. The molecule has 1 rings (SSSR count). The highest BCUT2D eigenvalue weighted by molar-refractivity contribution is 5.55. The Morgan fingerprint density at radius 1 is 1.21 bits per heavy atom. The SMILES string of the molecule is COCCN(CCOC)c1cccc(F)c1C(C)N. The fourth-order valence-corrected chi connectivity index (χ4v) is 2.01. The number of ether oxygens (including phenoxy) is 2. The minimum absolute atomic E-state index is 0.271. The van der Waals surface area contributed by atoms with Crippen LogP contribution in [0.1, 0.15) is 18.5 Å². The molecule has 0 saturated heterocycles. The number of nitrogens with two attached hydrogens (primary N) is 1. The predicted molar refractivity (Wildman–Crippen MR) is 75.0 cm³/mol. The quantitative estimate of drug-likeness (QED) is 0.784. The average molecular weight is 270 g/mol. The summed E-state index contributed by atoms with van der Waals surface area (Å²) in [5.74, 6) is -0.271. The van der Waals surface area contributed by atoms with Crippen molar-refractivity contribution in [3.8, 4) is 0 Å². The maximum absolute atomic E-state index is 13.9. The molecule has 4 nitrogen and oxygen atoms in total. The first-order valence-corrected chi connectivity index (χ1v) is 6.38. The van der Waals surface area contributed by atoms with E-state index < -0.39 is 0 Å². The van der Waals surface area contributed by atoms with E-state index in [1.165, 1.54) is 6.07 Å². The maximum atomic E-state index is 13.9. The van der Waals surface area contributed by atoms with Crippen LogP contribution in [0.4, 0.5) is 10.1 Å². The van der Waals surface area contributed by atoms with Gasteiger partial charge in [0.1, 0.15) is 5.82 Å². The van der Waals surface area contributed by atoms with Crippen LogP contribution in [0.25, 0.3) is 0 Å². The van der Waals surface area contributed by atoms with E-state index >= 15 is 0 Å². The van der Waals surface area contributed by atoms with Crippen LogP contribution in [-0.4, -0.2) is 40.5 Å². The van der Waals surface area contributed by atoms with Gasteiger partial charge in [0, 0.05) is 44.6 Å². The van der Waals surface area contributed by atoms with Gasteiger partial charge >= 0.3 is 0 Å². The van der Waals surface area contributed by atoms with E-state index in [1.807, 2.05) is 11.0 Å². The summed E-state index contributed by atoms with van der Waals surface area (Å²) in [6, 6.07) is 4.66. The molecule has 2 N–H and O–H groups in total. The molecule has 0 saturated carbocycles. The molecular weight excluding hydrogens is 247 g/mol. The molecule has 0 radical (unpaired) electrons. The lowest BCUT2D eigenvalue weighted by atomic mass is 10.0. The molecule has 1 atom stereocenters. The molecule has 0 amide bonds. The largest absolute Gasteiger partial charge is 0.383 e. The Morgan fingerprint density at radius 3 is 2.26 bits per heavy atom. The Morgan fingerprint density at radius 2 is 1.79 bits per heavy atom. The fraction of sp³-hybridized carbons (Fsp3) is 0.571. The van der Waals surface area contributed by atoms with Gasteiger partial charge in [-0.3, -0.25) is 0 Å². The molecule has 0 bridgehead atoms. The lowest BCUT2D eigenvalue weighted by Gasteiger charge is -2.28. The zero-order valence-corrected chi connectivity index (χ0v) is 11.9. The second kappa shape index (κ2) is 8.09. The van der Waals surface area contributed by atoms with Crippen LogP contribution < -0.4 is 10.6 Å². The van der Waals surface area contributed by atoms with Gasteiger partial charge in [-0.1, -0.05) is 6.07 Å². The normalized spacial score (nSPS) is 12.5. The van der Waals surface area contributed by atoms with Crippen molar-refractivity contribution in [3.63, 3.8) is 0 Å². The first-order chi connectivity index (χ1) is 9.11. The van der Waals surface area contributed by atoms with Gasteiger partial charge in [-0.25, -0.2) is 4.39 Å². The number of methoxy groups -OCH3 is 2. The minimum Gasteiger partial charge on any atom is -0.383 e. The van der Waals surface area contributed by atoms with Crippen LogP contribution >= 0.6 is 0 Å². The zero-order valence-electron chi connectivity index (χ0n) is 11.9. The highest BCUT2D eigenvalue weighted by atomic mass is 19.1. The van der Waals surface area contributed by atoms with Crippen LogP contribution in [0.3, 0.4) is 0 Å². The molecule has 19 heavy (non-hydrogen) atoms. The van der Waals surface area contributed by atoms with Crippen LogP contribution in [0, 0.1) is 5.82 Å². The highest BCUT2D eigenvalue weighted by Crippen LogP contribution is 2.27. The Kier molecular flexibility index (Phi) is 6.77. The van der Waals surface area contributed by atoms with Crippen molar-refractivity contribution in [2.24, 2.45) is 5.73 Å². The van der Waals surface area contributed by atoms with Crippen molar-refractivity contribution in [1.82, 2.24) is 0 Å². The summed E-state index contributed by atoms with van der Waals surface area (Å²) >= 11 is 0. The molecular formula is C14H23FN2O2. The molecule has 1 aromatic rings. The zero-order chi connectivity index (χ0) is 14.3. The van der Waals surface area contributed by atoms with E-state index in [2.05, 4.69) is 0 Å². The smallest absolute Gasteiger partial charge is 0.130 e. The molecule has 0 fully saturated rings. The third kappa shape index (κ3) is 4.45. The summed E-state index contributed by atoms with van der Waals surface area (Å²) in [5, 5.41) is 0. The monoisotopic (exact) mass is 270 g/mol. The number of nitrogens with zero attached hydrogens (tertiary/aromatic N) is 1. The van der Waals surface area contributed by atoms with Crippen LogP contribution in [0.2, 0.25) is 0 Å². The second-order valence-corrected chi connectivity index (χ2v) is 4.43. The number of benzene rings is 1. The van der Waals surface area contributed by atoms with E-state index in [0.717, 1.165) is 5.69 Å². The molecule has 108 valence electrons. The Bertz CT molecular complexity index is 378. The van der Waals surface area contributed by atoms with E-state index in [4.69, 9.17) is 15.2 Å². The summed E-state index contributed by atoms with van der Waals surface area (Å²) in [6.07, 6.45) is 0. The predicted octanol–water partition coefficient (Wildman–Crippen LogP) is 1.94. The standard InChI is InChI=1S/C14H23FN2O2/c1-11(16)14-12(15)5-4-6-13(14)17(7-9-18-2)8-10-19-3/h4-6,11H,7-10,16H2,1-3H3. The topological polar surface area (TPSA) is 47.7 Å². The van der Waals surface area contributed by atoms with Crippen molar-refractivity contribution in [3.05, 3.63) is 29.6 Å². The van der Waals surface area contributed by atoms with E-state index in [9.17, 15) is 4.39 Å². The maximum Gasteiger partial charge on any atom is 0.130 e. The molecule has 0 aliphatic heterocycles. The lowest BCUT2D eigenvalue weighted by Crippen LogP contribution is -2.32. The van der Waals surface area contributed by atoms with Gasteiger partial charge in [0.25, 0.3) is 0 Å². The van der Waals surface area contributed by atoms with Crippen molar-refractivity contribution >= 4 is 5.69 Å². The highest BCUT2D eigenvalue weighted by Gasteiger charge is 2.17. The second-order valence-electron chi connectivity index (χ2n) is 4.43. The van der Waals surface area contributed by atoms with Gasteiger partial charge in [0.05, 0.1) is 13.2 Å². The lowest BCUT2D eigenvalue weighted by molar-refractivity contribution is 0.190. The number of hydrogen-bond acceptors (Lipinski definition) is 4. The van der Waals surface area contributed by atoms with Gasteiger partial charge in [-0.2, -0.15) is 0 Å². The van der Waals surface area contributed by atoms with E-state index in [1.54, 1.807) is 27.2 Å². The van der Waals surface area contributed by atoms with Crippen molar-refractivity contribution in [1.29, 1.82) is 0 Å². The first-order valence-electron chi connectivity index (χ1n) is 6.38. The number of rotatable bonds is 8. The number of anilines is 1. The van der Waals surface area contributed by atoms with Crippen LogP contribution in [-0.2, 0) is 9.47 Å². The van der Waals surface area contributed by atoms with Crippen LogP contribution in [0.15, 0.2) is 18.2 Å². The van der Waals surface area contributed by atoms with Crippen molar-refractivity contribution in [2.75, 3.05) is 45.4 Å². The Balaban J connectivity index is 3.02. The Hall–Kier alpha value is -1.17. The molecule has 1 aromatic carbocycles. The summed E-state index contributed by atoms with van der Waals surface area (Å²) in [4.78, 5) is 2.04. The summed E-state index contributed by atoms with van der Waals surface area (Å²) < 4.78 is 24.1. The van der Waals surface area contributed by atoms with Crippen LogP contribution in [0.5, 0.6) is 0 Å². The van der Waals surface area contributed by atoms with E-state index in [0.29, 0.717) is 31.9 Å². The van der Waals surface area contributed by atoms with Gasteiger partial charge in [-0.15, -0.1) is 0 Å². The first kappa shape index (κ1) is 15.9. The summed E-state index contributed by atoms with van der Waals surface area (Å²) in [5.41, 5.74) is 7.23. The number of hydrogen-bond donors (Lipinski definition) is 1. The number of halogens is 1. The molecule has 0 heterocycles. The molecule has 0 aliphatic rings. The summed E-state index contributed by atoms with van der Waals surface area (Å²) in [7, 11) is 3.29. The van der Waals surface area contributed by atoms with Gasteiger partial charge < -0.3 is 20.1 Å². The third-order valence-electron chi connectivity index (χ3n) is 2.96. The van der Waals surface area contributed by atoms with E-state index in [-0.39, 0.29) is 11.9 Å². The third-order valence-corrected chi connectivity index (χ3v) is 2.96. The van der Waals surface area contributed by atoms with Crippen molar-refractivity contribution in [2.45, 2.75) is 13.0 Å². The molecule has 0 aliphatic carbocycles. The van der Waals surface area contributed by atoms with Gasteiger partial charge in [0.2, 0.25) is 0 Å². The van der Waals surface area contributed by atoms with Gasteiger partial charge in [-0.05, 0) is 19.1 Å². The van der Waals surface area contributed by atoms with Crippen molar-refractivity contribution < 1.29 is 13.9 Å². The minimum atomic E-state index is -0.358. The van der Waals surface area contributed by atoms with Gasteiger partial charge in [0.15, 0.2) is 0 Å². The Labute approximate surface area is 114 Å². The molecule has 1 unspecified atom stereocenters. The molecule has 5 heteroatoms. The molecule has 0 aromatic heterocycles. The fourth-order valence-electron chi connectivity index (χ4n) is 2.01.